The van der Waals surface area contributed by atoms with Gasteiger partial charge >= 0.3 is 0 Å². The van der Waals surface area contributed by atoms with Crippen molar-refractivity contribution in [1.82, 2.24) is 9.79 Å². The Morgan fingerprint density at radius 2 is 1.94 bits per heavy atom. The first-order chi connectivity index (χ1) is 8.30. The molecule has 0 aliphatic carbocycles. The van der Waals surface area contributed by atoms with Crippen molar-refractivity contribution in [3.63, 3.8) is 0 Å². The number of nitrogens with one attached hydrogen (secondary N) is 1. The lowest BCUT2D eigenvalue weighted by Crippen LogP contribution is -2.25. The van der Waals surface area contributed by atoms with Gasteiger partial charge in [0, 0.05) is 19.7 Å². The first-order valence-corrected chi connectivity index (χ1v) is 6.61. The van der Waals surface area contributed by atoms with Crippen molar-refractivity contribution in [3.8, 4) is 0 Å². The summed E-state index contributed by atoms with van der Waals surface area (Å²) in [5, 5.41) is 0. The van der Waals surface area contributed by atoms with E-state index >= 15 is 0 Å². The van der Waals surface area contributed by atoms with Crippen LogP contribution >= 0.6 is 0 Å². The number of amides is 1. The summed E-state index contributed by atoms with van der Waals surface area (Å²) in [6, 6.07) is 4.46. The van der Waals surface area contributed by atoms with E-state index in [0.717, 1.165) is 4.31 Å². The fraction of sp³-hybridized carbons (Fsp3) is 0.364. The van der Waals surface area contributed by atoms with Gasteiger partial charge in [0.2, 0.25) is 10.0 Å². The van der Waals surface area contributed by atoms with Crippen LogP contribution in [0.2, 0.25) is 0 Å². The molecule has 0 saturated heterocycles. The standard InChI is InChI=1S/C11H16N2O4S/c1-8-5-6-9(11(14)12-17-4)7-10(8)18(15,16)13(2)3/h5-7H,1-4H3,(H,12,14). The van der Waals surface area contributed by atoms with Crippen molar-refractivity contribution >= 4 is 15.9 Å². The van der Waals surface area contributed by atoms with Crippen molar-refractivity contribution in [3.05, 3.63) is 29.3 Å². The van der Waals surface area contributed by atoms with E-state index in [4.69, 9.17) is 0 Å². The Morgan fingerprint density at radius 3 is 2.44 bits per heavy atom. The molecule has 1 rings (SSSR count). The number of hydrogen-bond acceptors (Lipinski definition) is 4. The largest absolute Gasteiger partial charge is 0.277 e. The van der Waals surface area contributed by atoms with Gasteiger partial charge < -0.3 is 0 Å². The molecule has 0 fully saturated rings. The number of hydrogen-bond donors (Lipinski definition) is 1. The Labute approximate surface area is 107 Å². The number of rotatable bonds is 4. The third-order valence-electron chi connectivity index (χ3n) is 2.40. The van der Waals surface area contributed by atoms with Gasteiger partial charge in [0.1, 0.15) is 0 Å². The summed E-state index contributed by atoms with van der Waals surface area (Å²) < 4.78 is 25.2. The second-order valence-electron chi connectivity index (χ2n) is 3.90. The van der Waals surface area contributed by atoms with Crippen LogP contribution in [0.3, 0.4) is 0 Å². The van der Waals surface area contributed by atoms with Gasteiger partial charge in [-0.1, -0.05) is 6.07 Å². The van der Waals surface area contributed by atoms with Gasteiger partial charge in [-0.25, -0.2) is 18.2 Å². The van der Waals surface area contributed by atoms with Crippen molar-refractivity contribution in [1.29, 1.82) is 0 Å². The smallest absolute Gasteiger partial charge is 0.274 e. The zero-order valence-corrected chi connectivity index (χ0v) is 11.5. The van der Waals surface area contributed by atoms with E-state index < -0.39 is 15.9 Å². The van der Waals surface area contributed by atoms with Gasteiger partial charge in [-0.2, -0.15) is 0 Å². The Kier molecular flexibility index (Phi) is 4.44. The highest BCUT2D eigenvalue weighted by atomic mass is 32.2. The zero-order chi connectivity index (χ0) is 13.9. The molecule has 0 aromatic heterocycles. The lowest BCUT2D eigenvalue weighted by atomic mass is 10.1. The maximum absolute atomic E-state index is 12.0. The summed E-state index contributed by atoms with van der Waals surface area (Å²) in [6.45, 7) is 1.67. The lowest BCUT2D eigenvalue weighted by Gasteiger charge is -2.14. The molecule has 0 atom stereocenters. The van der Waals surface area contributed by atoms with Crippen molar-refractivity contribution < 1.29 is 18.0 Å². The molecule has 0 aliphatic heterocycles. The third-order valence-corrected chi connectivity index (χ3v) is 4.36. The monoisotopic (exact) mass is 272 g/mol. The molecule has 6 nitrogen and oxygen atoms in total. The van der Waals surface area contributed by atoms with Gasteiger partial charge in [0.05, 0.1) is 12.0 Å². The number of aryl methyl sites for hydroxylation is 1. The number of sulfonamides is 1. The predicted molar refractivity (Wildman–Crippen MR) is 66.5 cm³/mol. The van der Waals surface area contributed by atoms with Crippen molar-refractivity contribution in [2.45, 2.75) is 11.8 Å². The maximum atomic E-state index is 12.0. The highest BCUT2D eigenvalue weighted by molar-refractivity contribution is 7.89. The van der Waals surface area contributed by atoms with Gasteiger partial charge in [0.25, 0.3) is 5.91 Å². The highest BCUT2D eigenvalue weighted by Gasteiger charge is 2.21. The van der Waals surface area contributed by atoms with E-state index in [1.165, 1.54) is 27.3 Å². The normalized spacial score (nSPS) is 11.6. The number of carbonyl (C=O) groups excluding carboxylic acids is 1. The molecule has 0 bridgehead atoms. The number of nitrogens with zero attached hydrogens (tertiary/aromatic N) is 1. The van der Waals surface area contributed by atoms with E-state index in [-0.39, 0.29) is 10.5 Å². The summed E-state index contributed by atoms with van der Waals surface area (Å²) >= 11 is 0. The quantitative estimate of drug-likeness (QED) is 0.812. The minimum Gasteiger partial charge on any atom is -0.277 e. The third kappa shape index (κ3) is 2.87. The zero-order valence-electron chi connectivity index (χ0n) is 10.7. The summed E-state index contributed by atoms with van der Waals surface area (Å²) in [4.78, 5) is 16.2. The molecule has 1 N–H and O–H groups in total. The average molecular weight is 272 g/mol. The van der Waals surface area contributed by atoms with Crippen LogP contribution in [0.1, 0.15) is 15.9 Å². The van der Waals surface area contributed by atoms with Crippen LogP contribution in [0, 0.1) is 6.92 Å². The van der Waals surface area contributed by atoms with Crippen LogP contribution in [0.15, 0.2) is 23.1 Å². The van der Waals surface area contributed by atoms with Gasteiger partial charge in [-0.3, -0.25) is 9.63 Å². The summed E-state index contributed by atoms with van der Waals surface area (Å²) in [5.41, 5.74) is 2.95. The second kappa shape index (κ2) is 5.47. The second-order valence-corrected chi connectivity index (χ2v) is 6.02. The molecule has 0 saturated carbocycles. The van der Waals surface area contributed by atoms with Crippen LogP contribution in [-0.2, 0) is 14.9 Å². The lowest BCUT2D eigenvalue weighted by molar-refractivity contribution is 0.0537. The van der Waals surface area contributed by atoms with Crippen LogP contribution in [0.25, 0.3) is 0 Å². The Morgan fingerprint density at radius 1 is 1.33 bits per heavy atom. The molecule has 1 amide bonds. The SMILES string of the molecule is CONC(=O)c1ccc(C)c(S(=O)(=O)N(C)C)c1. The van der Waals surface area contributed by atoms with Crippen LogP contribution in [0.5, 0.6) is 0 Å². The van der Waals surface area contributed by atoms with E-state index in [1.54, 1.807) is 19.1 Å². The molecular weight excluding hydrogens is 256 g/mol. The molecule has 7 heteroatoms. The molecule has 1 aromatic rings. The summed E-state index contributed by atoms with van der Waals surface area (Å²) in [5.74, 6) is -0.493. The fourth-order valence-corrected chi connectivity index (χ4v) is 2.51. The van der Waals surface area contributed by atoms with Gasteiger partial charge in [-0.15, -0.1) is 0 Å². The van der Waals surface area contributed by atoms with Gasteiger partial charge in [0.15, 0.2) is 0 Å². The molecular formula is C11H16N2O4S. The topological polar surface area (TPSA) is 75.7 Å². The van der Waals surface area contributed by atoms with Crippen molar-refractivity contribution in [2.24, 2.45) is 0 Å². The number of benzene rings is 1. The predicted octanol–water partition coefficient (Wildman–Crippen LogP) is 0.537. The minimum absolute atomic E-state index is 0.108. The fourth-order valence-electron chi connectivity index (χ4n) is 1.37. The Bertz CT molecular complexity index is 552. The Balaban J connectivity index is 3.30. The van der Waals surface area contributed by atoms with Crippen molar-refractivity contribution in [2.75, 3.05) is 21.2 Å². The first kappa shape index (κ1) is 14.6. The number of carbonyl (C=O) groups is 1. The first-order valence-electron chi connectivity index (χ1n) is 5.17. The summed E-state index contributed by atoms with van der Waals surface area (Å²) in [7, 11) is 0.625. The molecule has 0 heterocycles. The Hall–Kier alpha value is -1.44. The van der Waals surface area contributed by atoms with E-state index in [9.17, 15) is 13.2 Å². The average Bonchev–Trinajstić information content (AvgIpc) is 2.29. The maximum Gasteiger partial charge on any atom is 0.274 e. The van der Waals surface area contributed by atoms with Crippen LogP contribution in [-0.4, -0.2) is 39.8 Å². The van der Waals surface area contributed by atoms with E-state index in [1.807, 2.05) is 0 Å². The van der Waals surface area contributed by atoms with E-state index in [2.05, 4.69) is 10.3 Å². The molecule has 0 spiro atoms. The minimum atomic E-state index is -3.57. The molecule has 100 valence electrons. The molecule has 0 radical (unpaired) electrons. The van der Waals surface area contributed by atoms with E-state index in [0.29, 0.717) is 5.56 Å². The molecule has 1 aromatic carbocycles. The number of hydroxylamine groups is 1. The molecule has 18 heavy (non-hydrogen) atoms. The molecule has 0 aliphatic rings. The van der Waals surface area contributed by atoms with Crippen LogP contribution < -0.4 is 5.48 Å². The van der Waals surface area contributed by atoms with Gasteiger partial charge in [-0.05, 0) is 24.6 Å². The van der Waals surface area contributed by atoms with Crippen LogP contribution in [0.4, 0.5) is 0 Å². The molecule has 0 unspecified atom stereocenters. The summed E-state index contributed by atoms with van der Waals surface area (Å²) in [6.07, 6.45) is 0. The highest BCUT2D eigenvalue weighted by Crippen LogP contribution is 2.19.